The Labute approximate surface area is 232 Å². The second kappa shape index (κ2) is 21.1. The van der Waals surface area contributed by atoms with E-state index < -0.39 is 17.6 Å². The predicted molar refractivity (Wildman–Crippen MR) is 152 cm³/mol. The van der Waals surface area contributed by atoms with Gasteiger partial charge >= 0.3 is 6.09 Å². The molecule has 0 saturated heterocycles. The minimum Gasteiger partial charge on any atom is -0.463 e. The van der Waals surface area contributed by atoms with Gasteiger partial charge in [0.25, 0.3) is 6.47 Å². The van der Waals surface area contributed by atoms with Crippen LogP contribution in [-0.4, -0.2) is 56.2 Å². The summed E-state index contributed by atoms with van der Waals surface area (Å²) in [5, 5.41) is 7.99. The van der Waals surface area contributed by atoms with Crippen molar-refractivity contribution in [1.82, 2.24) is 16.0 Å². The summed E-state index contributed by atoms with van der Waals surface area (Å²) in [5.41, 5.74) is 6.78. The lowest BCUT2D eigenvalue weighted by Crippen LogP contribution is -2.45. The number of alkyl carbamates (subject to hydrolysis) is 1. The molecule has 0 aliphatic rings. The third-order valence-electron chi connectivity index (χ3n) is 4.79. The second-order valence-corrected chi connectivity index (χ2v) is 9.50. The molecule has 10 heteroatoms. The van der Waals surface area contributed by atoms with Crippen LogP contribution < -0.4 is 21.7 Å². The summed E-state index contributed by atoms with van der Waals surface area (Å²) < 4.78 is 9.65. The number of amides is 3. The number of carbonyl (C=O) groups excluding carboxylic acids is 4. The van der Waals surface area contributed by atoms with Crippen molar-refractivity contribution in [2.45, 2.75) is 65.2 Å². The van der Waals surface area contributed by atoms with Crippen LogP contribution in [0.3, 0.4) is 0 Å². The molecule has 2 aromatic carbocycles. The summed E-state index contributed by atoms with van der Waals surface area (Å²) in [7, 11) is 1.67. The monoisotopic (exact) mass is 544 g/mol. The molecule has 0 heterocycles. The molecule has 0 radical (unpaired) electrons. The Kier molecular flexibility index (Phi) is 18.9. The molecule has 10 nitrogen and oxygen atoms in total. The SMILES string of the molecule is CNC(CCCCNC(=O)OC(C)(C)C)C(=O)NCC(N)=O.Cc1ccccc1.O=COCc1ccccc1. The van der Waals surface area contributed by atoms with Crippen molar-refractivity contribution in [1.29, 1.82) is 0 Å². The van der Waals surface area contributed by atoms with Gasteiger partial charge in [-0.3, -0.25) is 14.4 Å². The zero-order valence-electron chi connectivity index (χ0n) is 23.7. The number of aryl methyl sites for hydroxylation is 1. The van der Waals surface area contributed by atoms with E-state index in [-0.39, 0.29) is 18.5 Å². The van der Waals surface area contributed by atoms with Crippen LogP contribution in [0.1, 0.15) is 51.2 Å². The van der Waals surface area contributed by atoms with Crippen LogP contribution >= 0.6 is 0 Å². The number of unbranched alkanes of at least 4 members (excludes halogenated alkanes) is 1. The summed E-state index contributed by atoms with van der Waals surface area (Å²) in [6, 6.07) is 19.4. The van der Waals surface area contributed by atoms with Gasteiger partial charge in [0.05, 0.1) is 12.6 Å². The van der Waals surface area contributed by atoms with Crippen LogP contribution in [0.25, 0.3) is 0 Å². The first-order valence-corrected chi connectivity index (χ1v) is 12.8. The van der Waals surface area contributed by atoms with E-state index in [9.17, 15) is 19.2 Å². The van der Waals surface area contributed by atoms with E-state index in [1.807, 2.05) is 48.5 Å². The molecule has 2 rings (SSSR count). The van der Waals surface area contributed by atoms with Gasteiger partial charge in [0.2, 0.25) is 11.8 Å². The van der Waals surface area contributed by atoms with Gasteiger partial charge < -0.3 is 31.2 Å². The maximum Gasteiger partial charge on any atom is 0.407 e. The Morgan fingerprint density at radius 3 is 2.00 bits per heavy atom. The van der Waals surface area contributed by atoms with Crippen molar-refractivity contribution in [3.63, 3.8) is 0 Å². The Hall–Kier alpha value is -3.92. The number of carbonyl (C=O) groups is 4. The number of ether oxygens (including phenoxy) is 2. The van der Waals surface area contributed by atoms with Crippen molar-refractivity contribution < 1.29 is 28.7 Å². The Morgan fingerprint density at radius 2 is 1.54 bits per heavy atom. The number of likely N-dealkylation sites (N-methyl/N-ethyl adjacent to an activating group) is 1. The van der Waals surface area contributed by atoms with Gasteiger partial charge in [-0.2, -0.15) is 0 Å². The van der Waals surface area contributed by atoms with Gasteiger partial charge in [-0.1, -0.05) is 66.2 Å². The normalized spacial score (nSPS) is 10.8. The molecule has 0 aromatic heterocycles. The molecule has 3 amide bonds. The largest absolute Gasteiger partial charge is 0.463 e. The highest BCUT2D eigenvalue weighted by atomic mass is 16.6. The smallest absolute Gasteiger partial charge is 0.407 e. The minimum atomic E-state index is -0.579. The quantitative estimate of drug-likeness (QED) is 0.237. The van der Waals surface area contributed by atoms with Gasteiger partial charge in [0, 0.05) is 6.54 Å². The number of rotatable bonds is 12. The highest BCUT2D eigenvalue weighted by molar-refractivity contribution is 5.86. The molecule has 0 fully saturated rings. The van der Waals surface area contributed by atoms with Gasteiger partial charge in [-0.15, -0.1) is 0 Å². The topological polar surface area (TPSA) is 149 Å². The molecular weight excluding hydrogens is 500 g/mol. The van der Waals surface area contributed by atoms with Crippen molar-refractivity contribution in [2.75, 3.05) is 20.1 Å². The average Bonchev–Trinajstić information content (AvgIpc) is 2.89. The van der Waals surface area contributed by atoms with E-state index >= 15 is 0 Å². The van der Waals surface area contributed by atoms with Gasteiger partial charge in [0.15, 0.2) is 0 Å². The van der Waals surface area contributed by atoms with Gasteiger partial charge in [-0.05, 0) is 59.6 Å². The molecule has 0 bridgehead atoms. The highest BCUT2D eigenvalue weighted by Gasteiger charge is 2.17. The summed E-state index contributed by atoms with van der Waals surface area (Å²) >= 11 is 0. The highest BCUT2D eigenvalue weighted by Crippen LogP contribution is 2.07. The molecule has 5 N–H and O–H groups in total. The molecule has 2 aromatic rings. The van der Waals surface area contributed by atoms with Gasteiger partial charge in [0.1, 0.15) is 12.2 Å². The fourth-order valence-electron chi connectivity index (χ4n) is 2.92. The standard InChI is InChI=1S/C14H28N4O4.C8H8O2.C7H8/c1-14(2,3)22-13(21)17-8-6-5-7-10(16-4)12(20)18-9-11(15)19;9-7-10-6-8-4-2-1-3-5-8;1-7-5-3-2-4-6-7/h10,16H,5-9H2,1-4H3,(H2,15,19)(H,17,21)(H,18,20);1-5,7H,6H2;2-6H,1H3. The summed E-state index contributed by atoms with van der Waals surface area (Å²) in [6.07, 6.45) is 1.61. The van der Waals surface area contributed by atoms with E-state index in [2.05, 4.69) is 39.7 Å². The van der Waals surface area contributed by atoms with Crippen LogP contribution in [0.4, 0.5) is 4.79 Å². The molecule has 0 aliphatic carbocycles. The van der Waals surface area contributed by atoms with Gasteiger partial charge in [-0.25, -0.2) is 4.79 Å². The Morgan fingerprint density at radius 1 is 0.949 bits per heavy atom. The first-order chi connectivity index (χ1) is 18.5. The number of nitrogens with one attached hydrogen (secondary N) is 3. The van der Waals surface area contributed by atoms with E-state index in [1.165, 1.54) is 5.56 Å². The fraction of sp³-hybridized carbons (Fsp3) is 0.448. The van der Waals surface area contributed by atoms with E-state index in [0.29, 0.717) is 26.0 Å². The number of benzene rings is 2. The van der Waals surface area contributed by atoms with Crippen molar-refractivity contribution in [3.8, 4) is 0 Å². The maximum absolute atomic E-state index is 11.7. The molecule has 0 spiro atoms. The third-order valence-corrected chi connectivity index (χ3v) is 4.79. The Bertz CT molecular complexity index is 949. The van der Waals surface area contributed by atoms with Crippen LogP contribution in [0.15, 0.2) is 60.7 Å². The average molecular weight is 545 g/mol. The zero-order chi connectivity index (χ0) is 29.5. The predicted octanol–water partition coefficient (Wildman–Crippen LogP) is 3.23. The molecule has 216 valence electrons. The third kappa shape index (κ3) is 21.8. The first-order valence-electron chi connectivity index (χ1n) is 12.8. The van der Waals surface area contributed by atoms with Crippen molar-refractivity contribution in [3.05, 3.63) is 71.8 Å². The number of hydrogen-bond acceptors (Lipinski definition) is 7. The molecule has 0 saturated carbocycles. The van der Waals surface area contributed by atoms with Crippen LogP contribution in [0.2, 0.25) is 0 Å². The van der Waals surface area contributed by atoms with E-state index in [4.69, 9.17) is 10.5 Å². The number of nitrogens with two attached hydrogens (primary N) is 1. The van der Waals surface area contributed by atoms with Crippen LogP contribution in [0, 0.1) is 6.92 Å². The fourth-order valence-corrected chi connectivity index (χ4v) is 2.92. The number of primary amides is 1. The lowest BCUT2D eigenvalue weighted by atomic mass is 10.1. The number of hydrogen-bond donors (Lipinski definition) is 4. The second-order valence-electron chi connectivity index (χ2n) is 9.50. The van der Waals surface area contributed by atoms with E-state index in [1.54, 1.807) is 27.8 Å². The van der Waals surface area contributed by atoms with Crippen LogP contribution in [0.5, 0.6) is 0 Å². The summed E-state index contributed by atoms with van der Waals surface area (Å²) in [4.78, 5) is 43.5. The molecule has 39 heavy (non-hydrogen) atoms. The molecular formula is C29H44N4O6. The summed E-state index contributed by atoms with van der Waals surface area (Å²) in [5.74, 6) is -0.842. The lowest BCUT2D eigenvalue weighted by molar-refractivity contribution is -0.129. The zero-order valence-corrected chi connectivity index (χ0v) is 23.7. The van der Waals surface area contributed by atoms with Crippen molar-refractivity contribution >= 4 is 24.4 Å². The minimum absolute atomic E-state index is 0.169. The molecule has 1 unspecified atom stereocenters. The Balaban J connectivity index is 0.000000684. The first kappa shape index (κ1) is 35.1. The summed E-state index contributed by atoms with van der Waals surface area (Å²) in [6.45, 7) is 8.61. The molecule has 1 atom stereocenters. The van der Waals surface area contributed by atoms with Crippen LogP contribution in [-0.2, 0) is 30.5 Å². The van der Waals surface area contributed by atoms with E-state index in [0.717, 1.165) is 18.4 Å². The maximum atomic E-state index is 11.7. The van der Waals surface area contributed by atoms with Crippen molar-refractivity contribution in [2.24, 2.45) is 5.73 Å². The lowest BCUT2D eigenvalue weighted by Gasteiger charge is -2.19. The molecule has 0 aliphatic heterocycles.